The molecule has 2 rings (SSSR count). The van der Waals surface area contributed by atoms with Gasteiger partial charge in [0, 0.05) is 19.1 Å². The van der Waals surface area contributed by atoms with Crippen LogP contribution in [0.3, 0.4) is 0 Å². The van der Waals surface area contributed by atoms with E-state index in [0.717, 1.165) is 15.7 Å². The van der Waals surface area contributed by atoms with Crippen LogP contribution >= 0.6 is 15.9 Å². The van der Waals surface area contributed by atoms with Gasteiger partial charge in [0.05, 0.1) is 16.8 Å². The van der Waals surface area contributed by atoms with Gasteiger partial charge in [0.15, 0.2) is 0 Å². The Balaban J connectivity index is 2.43. The van der Waals surface area contributed by atoms with Crippen molar-refractivity contribution >= 4 is 21.7 Å². The van der Waals surface area contributed by atoms with Gasteiger partial charge in [-0.05, 0) is 15.9 Å². The number of hydrogen-bond donors (Lipinski definition) is 1. The molecule has 18 heavy (non-hydrogen) atoms. The number of methoxy groups -OCH3 is 1. The van der Waals surface area contributed by atoms with Crippen LogP contribution in [-0.4, -0.2) is 23.7 Å². The molecule has 0 saturated carbocycles. The number of rotatable bonds is 4. The lowest BCUT2D eigenvalue weighted by Crippen LogP contribution is -2.06. The molecule has 94 valence electrons. The van der Waals surface area contributed by atoms with E-state index in [2.05, 4.69) is 25.9 Å². The molecule has 0 atom stereocenters. The maximum Gasteiger partial charge on any atom is 0.142 e. The number of halogens is 1. The van der Waals surface area contributed by atoms with Crippen LogP contribution in [0.1, 0.15) is 5.82 Å². The van der Waals surface area contributed by atoms with Gasteiger partial charge < -0.3 is 10.5 Å². The molecule has 0 saturated heterocycles. The second-order valence-electron chi connectivity index (χ2n) is 3.80. The van der Waals surface area contributed by atoms with Crippen molar-refractivity contribution in [2.45, 2.75) is 6.42 Å². The molecule has 1 heterocycles. The molecule has 2 aromatic rings. The van der Waals surface area contributed by atoms with Gasteiger partial charge in [-0.1, -0.05) is 30.3 Å². The average molecular weight is 308 g/mol. The minimum absolute atomic E-state index is 0.454. The predicted molar refractivity (Wildman–Crippen MR) is 75.2 cm³/mol. The van der Waals surface area contributed by atoms with Crippen LogP contribution in [0.15, 0.2) is 34.8 Å². The zero-order chi connectivity index (χ0) is 13.0. The molecule has 1 aromatic heterocycles. The molecule has 5 heteroatoms. The topological polar surface area (TPSA) is 61.0 Å². The number of anilines is 1. The van der Waals surface area contributed by atoms with Crippen LogP contribution in [0.4, 0.5) is 5.82 Å². The van der Waals surface area contributed by atoms with Crippen molar-refractivity contribution < 1.29 is 4.74 Å². The van der Waals surface area contributed by atoms with E-state index in [4.69, 9.17) is 10.5 Å². The molecule has 0 aliphatic rings. The number of nitrogen functional groups attached to an aromatic ring is 1. The minimum atomic E-state index is 0.454. The number of hydrogen-bond acceptors (Lipinski definition) is 4. The third-order valence-electron chi connectivity index (χ3n) is 2.50. The largest absolute Gasteiger partial charge is 0.384 e. The number of nitrogens with two attached hydrogens (primary N) is 1. The average Bonchev–Trinajstić information content (AvgIpc) is 2.41. The fourth-order valence-electron chi connectivity index (χ4n) is 1.61. The van der Waals surface area contributed by atoms with Gasteiger partial charge in [0.25, 0.3) is 0 Å². The zero-order valence-corrected chi connectivity index (χ0v) is 11.6. The van der Waals surface area contributed by atoms with Crippen LogP contribution in [0, 0.1) is 0 Å². The smallest absolute Gasteiger partial charge is 0.142 e. The van der Waals surface area contributed by atoms with Gasteiger partial charge >= 0.3 is 0 Å². The van der Waals surface area contributed by atoms with Crippen molar-refractivity contribution in [3.05, 3.63) is 40.6 Å². The summed E-state index contributed by atoms with van der Waals surface area (Å²) in [6.45, 7) is 0.579. The Hall–Kier alpha value is -1.46. The normalized spacial score (nSPS) is 10.6. The second kappa shape index (κ2) is 5.93. The molecule has 0 unspecified atom stereocenters. The van der Waals surface area contributed by atoms with Crippen molar-refractivity contribution in [1.29, 1.82) is 0 Å². The molecule has 0 bridgehead atoms. The summed E-state index contributed by atoms with van der Waals surface area (Å²) < 4.78 is 5.76. The Kier molecular flexibility index (Phi) is 4.28. The Morgan fingerprint density at radius 2 is 1.94 bits per heavy atom. The molecule has 1 aromatic carbocycles. The molecule has 4 nitrogen and oxygen atoms in total. The summed E-state index contributed by atoms with van der Waals surface area (Å²) in [6, 6.07) is 9.89. The molecule has 0 amide bonds. The molecule has 0 radical (unpaired) electrons. The van der Waals surface area contributed by atoms with Crippen LogP contribution in [0.2, 0.25) is 0 Å². The summed E-state index contributed by atoms with van der Waals surface area (Å²) in [5.41, 5.74) is 7.72. The Labute approximate surface area is 114 Å². The Morgan fingerprint density at radius 3 is 2.61 bits per heavy atom. The first-order valence-electron chi connectivity index (χ1n) is 5.58. The van der Waals surface area contributed by atoms with E-state index in [1.54, 1.807) is 7.11 Å². The molecule has 0 aliphatic carbocycles. The predicted octanol–water partition coefficient (Wildman–Crippen LogP) is 2.68. The van der Waals surface area contributed by atoms with Crippen LogP contribution in [0.25, 0.3) is 11.3 Å². The lowest BCUT2D eigenvalue weighted by atomic mass is 10.1. The van der Waals surface area contributed by atoms with Crippen LogP contribution in [-0.2, 0) is 11.2 Å². The van der Waals surface area contributed by atoms with E-state index >= 15 is 0 Å². The number of nitrogens with zero attached hydrogens (tertiary/aromatic N) is 2. The zero-order valence-electron chi connectivity index (χ0n) is 10.1. The lowest BCUT2D eigenvalue weighted by Gasteiger charge is -2.08. The molecular formula is C13H14BrN3O. The summed E-state index contributed by atoms with van der Waals surface area (Å²) in [4.78, 5) is 8.76. The highest BCUT2D eigenvalue weighted by Gasteiger charge is 2.11. The van der Waals surface area contributed by atoms with Gasteiger partial charge in [-0.15, -0.1) is 0 Å². The summed E-state index contributed by atoms with van der Waals surface area (Å²) in [5.74, 6) is 1.14. The minimum Gasteiger partial charge on any atom is -0.384 e. The summed E-state index contributed by atoms with van der Waals surface area (Å²) in [5, 5.41) is 0. The second-order valence-corrected chi connectivity index (χ2v) is 4.59. The Bertz CT molecular complexity index is 531. The number of benzene rings is 1. The molecule has 2 N–H and O–H groups in total. The van der Waals surface area contributed by atoms with Gasteiger partial charge in [0.2, 0.25) is 0 Å². The first-order chi connectivity index (χ1) is 8.72. The highest BCUT2D eigenvalue weighted by Crippen LogP contribution is 2.29. The third kappa shape index (κ3) is 2.86. The fraction of sp³-hybridized carbons (Fsp3) is 0.231. The molecule has 0 fully saturated rings. The highest BCUT2D eigenvalue weighted by molar-refractivity contribution is 9.10. The van der Waals surface area contributed by atoms with Gasteiger partial charge in [-0.25, -0.2) is 9.97 Å². The van der Waals surface area contributed by atoms with Crippen LogP contribution in [0.5, 0.6) is 0 Å². The highest BCUT2D eigenvalue weighted by atomic mass is 79.9. The SMILES string of the molecule is COCCc1nc(N)c(Br)c(-c2ccccc2)n1. The third-order valence-corrected chi connectivity index (χ3v) is 3.28. The van der Waals surface area contributed by atoms with E-state index in [1.165, 1.54) is 0 Å². The van der Waals surface area contributed by atoms with E-state index < -0.39 is 0 Å². The first-order valence-corrected chi connectivity index (χ1v) is 6.38. The maximum atomic E-state index is 5.89. The standard InChI is InChI=1S/C13H14BrN3O/c1-18-8-7-10-16-12(11(14)13(15)17-10)9-5-3-2-4-6-9/h2-6H,7-8H2,1H3,(H2,15,16,17). The van der Waals surface area contributed by atoms with Gasteiger partial charge in [-0.2, -0.15) is 0 Å². The van der Waals surface area contributed by atoms with E-state index in [1.807, 2.05) is 30.3 Å². The first kappa shape index (κ1) is 13.0. The monoisotopic (exact) mass is 307 g/mol. The summed E-state index contributed by atoms with van der Waals surface area (Å²) >= 11 is 3.44. The summed E-state index contributed by atoms with van der Waals surface area (Å²) in [7, 11) is 1.65. The quantitative estimate of drug-likeness (QED) is 0.943. The van der Waals surface area contributed by atoms with E-state index in [9.17, 15) is 0 Å². The molecule has 0 spiro atoms. The molecular weight excluding hydrogens is 294 g/mol. The van der Waals surface area contributed by atoms with Gasteiger partial charge in [-0.3, -0.25) is 0 Å². The van der Waals surface area contributed by atoms with Crippen LogP contribution < -0.4 is 5.73 Å². The molecule has 0 aliphatic heterocycles. The summed E-state index contributed by atoms with van der Waals surface area (Å²) in [6.07, 6.45) is 0.647. The van der Waals surface area contributed by atoms with Gasteiger partial charge in [0.1, 0.15) is 11.6 Å². The van der Waals surface area contributed by atoms with Crippen molar-refractivity contribution in [2.24, 2.45) is 0 Å². The van der Waals surface area contributed by atoms with E-state index in [0.29, 0.717) is 24.7 Å². The Morgan fingerprint density at radius 1 is 1.22 bits per heavy atom. The van der Waals surface area contributed by atoms with Crippen molar-refractivity contribution in [3.63, 3.8) is 0 Å². The fourth-order valence-corrected chi connectivity index (χ4v) is 2.01. The lowest BCUT2D eigenvalue weighted by molar-refractivity contribution is 0.200. The van der Waals surface area contributed by atoms with Crippen molar-refractivity contribution in [1.82, 2.24) is 9.97 Å². The number of ether oxygens (including phenoxy) is 1. The number of aromatic nitrogens is 2. The maximum absolute atomic E-state index is 5.89. The van der Waals surface area contributed by atoms with E-state index in [-0.39, 0.29) is 0 Å². The van der Waals surface area contributed by atoms with Crippen molar-refractivity contribution in [2.75, 3.05) is 19.5 Å². The van der Waals surface area contributed by atoms with Crippen molar-refractivity contribution in [3.8, 4) is 11.3 Å².